The minimum Gasteiger partial charge on any atom is -0.274 e. The van der Waals surface area contributed by atoms with E-state index in [0.717, 1.165) is 16.0 Å². The molecule has 6 nitrogen and oxygen atoms in total. The topological polar surface area (TPSA) is 80.5 Å². The number of non-ortho nitro benzene ring substituents is 1. The zero-order valence-corrected chi connectivity index (χ0v) is 14.0. The van der Waals surface area contributed by atoms with Gasteiger partial charge in [0.25, 0.3) is 5.69 Å². The van der Waals surface area contributed by atoms with Gasteiger partial charge in [-0.3, -0.25) is 24.6 Å². The molecule has 0 bridgehead atoms. The molecular weight excluding hydrogens is 320 g/mol. The van der Waals surface area contributed by atoms with Gasteiger partial charge in [0.2, 0.25) is 11.8 Å². The first-order chi connectivity index (χ1) is 11.9. The summed E-state index contributed by atoms with van der Waals surface area (Å²) >= 11 is 0. The largest absolute Gasteiger partial charge is 0.274 e. The Bertz CT molecular complexity index is 828. The van der Waals surface area contributed by atoms with Crippen LogP contribution in [0.5, 0.6) is 0 Å². The maximum atomic E-state index is 12.8. The highest BCUT2D eigenvalue weighted by Gasteiger charge is 2.45. The lowest BCUT2D eigenvalue weighted by Gasteiger charge is -2.15. The monoisotopic (exact) mass is 338 g/mol. The highest BCUT2D eigenvalue weighted by molar-refractivity contribution is 6.22. The third kappa shape index (κ3) is 3.15. The van der Waals surface area contributed by atoms with Gasteiger partial charge in [0.15, 0.2) is 0 Å². The normalized spacial score (nSPS) is 20.2. The second kappa shape index (κ2) is 6.47. The molecule has 128 valence electrons. The van der Waals surface area contributed by atoms with E-state index >= 15 is 0 Å². The summed E-state index contributed by atoms with van der Waals surface area (Å²) in [5.74, 6) is -1.38. The highest BCUT2D eigenvalue weighted by Crippen LogP contribution is 2.33. The first-order valence-corrected chi connectivity index (χ1v) is 8.06. The van der Waals surface area contributed by atoms with E-state index < -0.39 is 16.8 Å². The molecule has 0 aliphatic carbocycles. The lowest BCUT2D eigenvalue weighted by atomic mass is 9.90. The van der Waals surface area contributed by atoms with Crippen LogP contribution in [-0.4, -0.2) is 16.7 Å². The van der Waals surface area contributed by atoms with Crippen LogP contribution in [0.4, 0.5) is 11.4 Å². The number of nitrogens with zero attached hydrogens (tertiary/aromatic N) is 2. The number of hydrogen-bond donors (Lipinski definition) is 0. The number of aryl methyl sites for hydroxylation is 1. The number of nitro groups is 1. The molecule has 0 spiro atoms. The van der Waals surface area contributed by atoms with Crippen LogP contribution in [0, 0.1) is 28.9 Å². The molecule has 2 amide bonds. The Morgan fingerprint density at radius 1 is 1.00 bits per heavy atom. The summed E-state index contributed by atoms with van der Waals surface area (Å²) in [5, 5.41) is 10.8. The van der Waals surface area contributed by atoms with E-state index in [1.807, 2.05) is 31.2 Å². The van der Waals surface area contributed by atoms with Crippen molar-refractivity contribution < 1.29 is 14.5 Å². The fraction of sp³-hybridized carbons (Fsp3) is 0.263. The smallest absolute Gasteiger partial charge is 0.269 e. The first-order valence-electron chi connectivity index (χ1n) is 8.06. The number of benzene rings is 2. The summed E-state index contributed by atoms with van der Waals surface area (Å²) in [6.45, 7) is 3.75. The molecule has 2 atom stereocenters. The number of imide groups is 1. The number of anilines is 1. The van der Waals surface area contributed by atoms with Crippen molar-refractivity contribution in [3.05, 3.63) is 69.8 Å². The number of rotatable bonds is 4. The van der Waals surface area contributed by atoms with Gasteiger partial charge < -0.3 is 0 Å². The van der Waals surface area contributed by atoms with Crippen LogP contribution in [-0.2, 0) is 16.0 Å². The van der Waals surface area contributed by atoms with E-state index in [9.17, 15) is 19.7 Å². The van der Waals surface area contributed by atoms with Gasteiger partial charge >= 0.3 is 0 Å². The summed E-state index contributed by atoms with van der Waals surface area (Å²) in [7, 11) is 0. The van der Waals surface area contributed by atoms with E-state index in [0.29, 0.717) is 12.1 Å². The molecule has 0 radical (unpaired) electrons. The third-order valence-electron chi connectivity index (χ3n) is 4.65. The van der Waals surface area contributed by atoms with Gasteiger partial charge in [-0.1, -0.05) is 36.8 Å². The van der Waals surface area contributed by atoms with Crippen molar-refractivity contribution in [1.29, 1.82) is 0 Å². The number of amides is 2. The van der Waals surface area contributed by atoms with E-state index in [-0.39, 0.29) is 17.5 Å². The van der Waals surface area contributed by atoms with Crippen molar-refractivity contribution >= 4 is 23.2 Å². The minimum absolute atomic E-state index is 0.0768. The van der Waals surface area contributed by atoms with Crippen LogP contribution in [0.25, 0.3) is 0 Å². The Morgan fingerprint density at radius 2 is 1.60 bits per heavy atom. The summed E-state index contributed by atoms with van der Waals surface area (Å²) in [6.07, 6.45) is 0.496. The molecule has 6 heteroatoms. The summed E-state index contributed by atoms with van der Waals surface area (Å²) in [5.41, 5.74) is 2.44. The van der Waals surface area contributed by atoms with Crippen LogP contribution in [0.15, 0.2) is 48.5 Å². The standard InChI is InChI=1S/C19H18N2O4/c1-12-3-5-14(6-4-12)11-17-13(2)18(22)20(19(17)23)15-7-9-16(10-8-15)21(24)25/h3-10,13,17H,11H2,1-2H3/t13-,17+/m1/s1. The zero-order valence-electron chi connectivity index (χ0n) is 14.0. The second-order valence-corrected chi connectivity index (χ2v) is 6.37. The lowest BCUT2D eigenvalue weighted by molar-refractivity contribution is -0.384. The minimum atomic E-state index is -0.514. The summed E-state index contributed by atoms with van der Waals surface area (Å²) in [4.78, 5) is 36.7. The van der Waals surface area contributed by atoms with E-state index in [1.165, 1.54) is 24.3 Å². The predicted octanol–water partition coefficient (Wildman–Crippen LogP) is 3.27. The third-order valence-corrected chi connectivity index (χ3v) is 4.65. The maximum absolute atomic E-state index is 12.8. The fourth-order valence-corrected chi connectivity index (χ4v) is 3.08. The number of carbonyl (C=O) groups excluding carboxylic acids is 2. The Hall–Kier alpha value is -3.02. The molecule has 25 heavy (non-hydrogen) atoms. The van der Waals surface area contributed by atoms with E-state index in [1.54, 1.807) is 6.92 Å². The average molecular weight is 338 g/mol. The van der Waals surface area contributed by atoms with Crippen LogP contribution in [0.2, 0.25) is 0 Å². The Morgan fingerprint density at radius 3 is 2.16 bits per heavy atom. The van der Waals surface area contributed by atoms with Crippen molar-refractivity contribution in [3.8, 4) is 0 Å². The molecule has 2 aromatic rings. The van der Waals surface area contributed by atoms with Crippen molar-refractivity contribution in [3.63, 3.8) is 0 Å². The van der Waals surface area contributed by atoms with Gasteiger partial charge in [0.1, 0.15) is 0 Å². The SMILES string of the molecule is Cc1ccc(C[C@@H]2C(=O)N(c3ccc([N+](=O)[O-])cc3)C(=O)[C@@H]2C)cc1. The first kappa shape index (κ1) is 16.8. The van der Waals surface area contributed by atoms with Crippen molar-refractivity contribution in [2.75, 3.05) is 4.90 Å². The van der Waals surface area contributed by atoms with Gasteiger partial charge in [0.05, 0.1) is 16.5 Å². The zero-order chi connectivity index (χ0) is 18.1. The quantitative estimate of drug-likeness (QED) is 0.487. The fourth-order valence-electron chi connectivity index (χ4n) is 3.08. The average Bonchev–Trinajstić information content (AvgIpc) is 2.80. The molecule has 1 heterocycles. The summed E-state index contributed by atoms with van der Waals surface area (Å²) in [6, 6.07) is 13.4. The molecule has 1 aliphatic heterocycles. The molecule has 0 aromatic heterocycles. The lowest BCUT2D eigenvalue weighted by Crippen LogP contribution is -2.31. The molecule has 2 aromatic carbocycles. The van der Waals surface area contributed by atoms with Crippen LogP contribution in [0.1, 0.15) is 18.1 Å². The van der Waals surface area contributed by atoms with Crippen LogP contribution < -0.4 is 4.90 Å². The van der Waals surface area contributed by atoms with Gasteiger partial charge in [-0.2, -0.15) is 0 Å². The van der Waals surface area contributed by atoms with Crippen molar-refractivity contribution in [1.82, 2.24) is 0 Å². The number of nitro benzene ring substituents is 1. The van der Waals surface area contributed by atoms with E-state index in [2.05, 4.69) is 0 Å². The van der Waals surface area contributed by atoms with Crippen molar-refractivity contribution in [2.45, 2.75) is 20.3 Å². The highest BCUT2D eigenvalue weighted by atomic mass is 16.6. The predicted molar refractivity (Wildman–Crippen MR) is 93.1 cm³/mol. The van der Waals surface area contributed by atoms with Gasteiger partial charge in [-0.15, -0.1) is 0 Å². The number of hydrogen-bond acceptors (Lipinski definition) is 4. The Kier molecular flexibility index (Phi) is 4.35. The molecule has 3 rings (SSSR count). The van der Waals surface area contributed by atoms with Gasteiger partial charge in [-0.05, 0) is 31.0 Å². The Balaban J connectivity index is 1.84. The van der Waals surface area contributed by atoms with Crippen LogP contribution in [0.3, 0.4) is 0 Å². The molecule has 1 fully saturated rings. The molecular formula is C19H18N2O4. The van der Waals surface area contributed by atoms with Crippen LogP contribution >= 0.6 is 0 Å². The van der Waals surface area contributed by atoms with E-state index in [4.69, 9.17) is 0 Å². The second-order valence-electron chi connectivity index (χ2n) is 6.37. The van der Waals surface area contributed by atoms with Gasteiger partial charge in [-0.25, -0.2) is 0 Å². The molecule has 0 N–H and O–H groups in total. The molecule has 0 unspecified atom stereocenters. The molecule has 0 saturated carbocycles. The van der Waals surface area contributed by atoms with Gasteiger partial charge in [0, 0.05) is 18.1 Å². The summed E-state index contributed by atoms with van der Waals surface area (Å²) < 4.78 is 0. The molecule has 1 aliphatic rings. The maximum Gasteiger partial charge on any atom is 0.269 e. The molecule has 1 saturated heterocycles. The Labute approximate surface area is 145 Å². The van der Waals surface area contributed by atoms with Crippen molar-refractivity contribution in [2.24, 2.45) is 11.8 Å². The number of carbonyl (C=O) groups is 2.